The summed E-state index contributed by atoms with van der Waals surface area (Å²) in [5.74, 6) is -0.949. The number of aliphatic hydroxyl groups is 2. The highest BCUT2D eigenvalue weighted by molar-refractivity contribution is 5.84. The molecular weight excluding hydrogens is 320 g/mol. The molecule has 0 heterocycles. The molecule has 1 fully saturated rings. The number of aliphatic hydroxyl groups excluding tert-OH is 2. The number of aliphatic carboxylic acids is 1. The molecule has 1 aliphatic carbocycles. The number of unbranched alkanes of at least 4 members (excludes halogenated alkanes) is 4. The van der Waals surface area contributed by atoms with Crippen LogP contribution in [0.5, 0.6) is 0 Å². The van der Waals surface area contributed by atoms with Crippen molar-refractivity contribution >= 4 is 11.8 Å². The summed E-state index contributed by atoms with van der Waals surface area (Å²) >= 11 is 0. The third-order valence-electron chi connectivity index (χ3n) is 5.21. The number of carboxylic acid groups (broad SMARTS) is 1. The van der Waals surface area contributed by atoms with Gasteiger partial charge in [0, 0.05) is 18.4 Å². The van der Waals surface area contributed by atoms with E-state index < -0.39 is 12.1 Å². The van der Waals surface area contributed by atoms with E-state index in [1.165, 1.54) is 0 Å². The SMILES string of the molecule is CCCCC[C@H](O)CC[C@H]1[C@H](O)CC(=O)[C@@H]1CCCCC=CC(=O)O. The molecule has 0 radical (unpaired) electrons. The van der Waals surface area contributed by atoms with Crippen molar-refractivity contribution in [2.45, 2.75) is 89.8 Å². The Kier molecular flexibility index (Phi) is 10.7. The molecule has 1 saturated carbocycles. The second-order valence-corrected chi connectivity index (χ2v) is 7.26. The van der Waals surface area contributed by atoms with Gasteiger partial charge in [-0.1, -0.05) is 38.7 Å². The van der Waals surface area contributed by atoms with Gasteiger partial charge >= 0.3 is 5.97 Å². The first kappa shape index (κ1) is 21.8. The van der Waals surface area contributed by atoms with E-state index in [9.17, 15) is 19.8 Å². The minimum absolute atomic E-state index is 0.0390. The molecule has 0 bridgehead atoms. The molecule has 0 aromatic heterocycles. The predicted octanol–water partition coefficient (Wildman–Crippen LogP) is 3.48. The fourth-order valence-electron chi connectivity index (χ4n) is 3.75. The standard InChI is InChI=1S/C20H34O5/c1-2-3-6-9-15(21)12-13-17-16(18(22)14-19(17)23)10-7-4-5-8-11-20(24)25/h8,11,15-17,19,21,23H,2-7,9-10,12-14H2,1H3,(H,24,25)/t15-,16+,17+,19+/m0/s1. The van der Waals surface area contributed by atoms with Crippen LogP contribution in [-0.2, 0) is 9.59 Å². The lowest BCUT2D eigenvalue weighted by atomic mass is 9.85. The van der Waals surface area contributed by atoms with Crippen LogP contribution in [0, 0.1) is 11.8 Å². The maximum Gasteiger partial charge on any atom is 0.327 e. The van der Waals surface area contributed by atoms with Gasteiger partial charge in [0.15, 0.2) is 0 Å². The molecule has 3 N–H and O–H groups in total. The summed E-state index contributed by atoms with van der Waals surface area (Å²) in [6.45, 7) is 2.13. The Labute approximate surface area is 151 Å². The van der Waals surface area contributed by atoms with Crippen LogP contribution in [0.4, 0.5) is 0 Å². The predicted molar refractivity (Wildman–Crippen MR) is 97.2 cm³/mol. The second kappa shape index (κ2) is 12.2. The number of carbonyl (C=O) groups excluding carboxylic acids is 1. The van der Waals surface area contributed by atoms with E-state index in [4.69, 9.17) is 5.11 Å². The minimum Gasteiger partial charge on any atom is -0.478 e. The summed E-state index contributed by atoms with van der Waals surface area (Å²) < 4.78 is 0. The van der Waals surface area contributed by atoms with Gasteiger partial charge < -0.3 is 15.3 Å². The van der Waals surface area contributed by atoms with Crippen LogP contribution in [0.2, 0.25) is 0 Å². The Morgan fingerprint density at radius 2 is 1.96 bits per heavy atom. The molecule has 1 rings (SSSR count). The zero-order valence-corrected chi connectivity index (χ0v) is 15.4. The van der Waals surface area contributed by atoms with Crippen LogP contribution in [0.25, 0.3) is 0 Å². The van der Waals surface area contributed by atoms with Crippen molar-refractivity contribution in [3.8, 4) is 0 Å². The first-order valence-electron chi connectivity index (χ1n) is 9.74. The van der Waals surface area contributed by atoms with E-state index in [2.05, 4.69) is 6.92 Å². The average Bonchev–Trinajstić information content (AvgIpc) is 2.82. The number of allylic oxidation sites excluding steroid dienone is 1. The van der Waals surface area contributed by atoms with Crippen LogP contribution in [-0.4, -0.2) is 39.3 Å². The zero-order valence-electron chi connectivity index (χ0n) is 15.4. The molecular formula is C20H34O5. The van der Waals surface area contributed by atoms with Crippen molar-refractivity contribution < 1.29 is 24.9 Å². The molecule has 0 aromatic rings. The maximum absolute atomic E-state index is 12.1. The number of hydrogen-bond donors (Lipinski definition) is 3. The van der Waals surface area contributed by atoms with Crippen molar-refractivity contribution in [2.75, 3.05) is 0 Å². The topological polar surface area (TPSA) is 94.8 Å². The largest absolute Gasteiger partial charge is 0.478 e. The number of Topliss-reactive ketones (excluding diaryl/α,β-unsaturated/α-hetero) is 1. The van der Waals surface area contributed by atoms with Crippen molar-refractivity contribution in [1.82, 2.24) is 0 Å². The first-order valence-corrected chi connectivity index (χ1v) is 9.74. The molecule has 25 heavy (non-hydrogen) atoms. The molecule has 0 saturated heterocycles. The number of rotatable bonds is 13. The Hall–Kier alpha value is -1.20. The van der Waals surface area contributed by atoms with Gasteiger partial charge in [0.2, 0.25) is 0 Å². The summed E-state index contributed by atoms with van der Waals surface area (Å²) in [5.41, 5.74) is 0. The number of carbonyl (C=O) groups is 2. The fourth-order valence-corrected chi connectivity index (χ4v) is 3.75. The zero-order chi connectivity index (χ0) is 18.7. The summed E-state index contributed by atoms with van der Waals surface area (Å²) in [6, 6.07) is 0. The molecule has 0 amide bonds. The monoisotopic (exact) mass is 354 g/mol. The number of hydrogen-bond acceptors (Lipinski definition) is 4. The quantitative estimate of drug-likeness (QED) is 0.348. The molecule has 4 atom stereocenters. The lowest BCUT2D eigenvalue weighted by molar-refractivity contribution is -0.131. The van der Waals surface area contributed by atoms with Gasteiger partial charge in [-0.25, -0.2) is 4.79 Å². The van der Waals surface area contributed by atoms with Crippen LogP contribution in [0.15, 0.2) is 12.2 Å². The number of carboxylic acids is 1. The Morgan fingerprint density at radius 1 is 1.20 bits per heavy atom. The molecule has 0 unspecified atom stereocenters. The van der Waals surface area contributed by atoms with Gasteiger partial charge in [-0.05, 0) is 44.4 Å². The third-order valence-corrected chi connectivity index (χ3v) is 5.21. The highest BCUT2D eigenvalue weighted by Gasteiger charge is 2.40. The Balaban J connectivity index is 2.34. The van der Waals surface area contributed by atoms with Crippen molar-refractivity contribution in [1.29, 1.82) is 0 Å². The van der Waals surface area contributed by atoms with Gasteiger partial charge in [-0.3, -0.25) is 4.79 Å². The Bertz CT molecular complexity index is 432. The van der Waals surface area contributed by atoms with Gasteiger partial charge in [-0.2, -0.15) is 0 Å². The van der Waals surface area contributed by atoms with Gasteiger partial charge in [0.1, 0.15) is 5.78 Å². The van der Waals surface area contributed by atoms with Crippen molar-refractivity contribution in [3.05, 3.63) is 12.2 Å². The summed E-state index contributed by atoms with van der Waals surface area (Å²) in [5, 5.41) is 28.8. The van der Waals surface area contributed by atoms with E-state index in [1.807, 2.05) is 0 Å². The Morgan fingerprint density at radius 3 is 2.64 bits per heavy atom. The van der Waals surface area contributed by atoms with Crippen LogP contribution in [0.3, 0.4) is 0 Å². The van der Waals surface area contributed by atoms with E-state index in [-0.39, 0.29) is 30.1 Å². The minimum atomic E-state index is -0.938. The normalized spacial score (nSPS) is 24.9. The number of ketones is 1. The lowest BCUT2D eigenvalue weighted by Crippen LogP contribution is -2.22. The molecule has 5 nitrogen and oxygen atoms in total. The van der Waals surface area contributed by atoms with E-state index >= 15 is 0 Å². The maximum atomic E-state index is 12.1. The summed E-state index contributed by atoms with van der Waals surface area (Å²) in [7, 11) is 0. The van der Waals surface area contributed by atoms with Crippen molar-refractivity contribution in [3.63, 3.8) is 0 Å². The second-order valence-electron chi connectivity index (χ2n) is 7.26. The van der Waals surface area contributed by atoms with Gasteiger partial charge in [0.05, 0.1) is 12.2 Å². The van der Waals surface area contributed by atoms with Crippen molar-refractivity contribution in [2.24, 2.45) is 11.8 Å². The van der Waals surface area contributed by atoms with E-state index in [0.29, 0.717) is 19.3 Å². The van der Waals surface area contributed by atoms with E-state index in [0.717, 1.165) is 51.0 Å². The first-order chi connectivity index (χ1) is 12.0. The average molecular weight is 354 g/mol. The fraction of sp³-hybridized carbons (Fsp3) is 0.800. The van der Waals surface area contributed by atoms with Gasteiger partial charge in [0.25, 0.3) is 0 Å². The molecule has 1 aliphatic rings. The molecule has 0 aromatic carbocycles. The molecule has 0 aliphatic heterocycles. The van der Waals surface area contributed by atoms with Crippen LogP contribution in [0.1, 0.15) is 77.6 Å². The third kappa shape index (κ3) is 8.63. The highest BCUT2D eigenvalue weighted by atomic mass is 16.4. The molecule has 5 heteroatoms. The highest BCUT2D eigenvalue weighted by Crippen LogP contribution is 2.36. The van der Waals surface area contributed by atoms with Gasteiger partial charge in [-0.15, -0.1) is 0 Å². The van der Waals surface area contributed by atoms with Crippen LogP contribution < -0.4 is 0 Å². The molecule has 144 valence electrons. The van der Waals surface area contributed by atoms with Crippen LogP contribution >= 0.6 is 0 Å². The smallest absolute Gasteiger partial charge is 0.327 e. The van der Waals surface area contributed by atoms with E-state index in [1.54, 1.807) is 6.08 Å². The lowest BCUT2D eigenvalue weighted by Gasteiger charge is -2.22. The summed E-state index contributed by atoms with van der Waals surface area (Å²) in [4.78, 5) is 22.5. The summed E-state index contributed by atoms with van der Waals surface area (Å²) in [6.07, 6.45) is 10.7. The molecule has 0 spiro atoms.